The molecule has 0 radical (unpaired) electrons. The van der Waals surface area contributed by atoms with Gasteiger partial charge in [0.25, 0.3) is 17.4 Å². The number of imide groups is 1. The van der Waals surface area contributed by atoms with E-state index in [-0.39, 0.29) is 28.2 Å². The van der Waals surface area contributed by atoms with Crippen molar-refractivity contribution >= 4 is 47.0 Å². The van der Waals surface area contributed by atoms with Crippen LogP contribution in [0.3, 0.4) is 0 Å². The van der Waals surface area contributed by atoms with Crippen LogP contribution in [-0.4, -0.2) is 27.5 Å². The van der Waals surface area contributed by atoms with Crippen LogP contribution in [0.1, 0.15) is 31.1 Å². The second kappa shape index (κ2) is 7.36. The van der Waals surface area contributed by atoms with E-state index >= 15 is 0 Å². The van der Waals surface area contributed by atoms with Crippen molar-refractivity contribution in [2.24, 2.45) is 0 Å². The largest absolute Gasteiger partial charge is 0.478 e. The van der Waals surface area contributed by atoms with E-state index in [9.17, 15) is 24.3 Å². The summed E-state index contributed by atoms with van der Waals surface area (Å²) >= 11 is 7.09. The highest BCUT2D eigenvalue weighted by atomic mass is 35.5. The van der Waals surface area contributed by atoms with Crippen molar-refractivity contribution in [3.05, 3.63) is 80.6 Å². The van der Waals surface area contributed by atoms with Gasteiger partial charge in [0.15, 0.2) is 0 Å². The number of nitrogens with zero attached hydrogens (tertiary/aromatic N) is 1. The molecule has 0 saturated heterocycles. The molecule has 8 nitrogen and oxygen atoms in total. The lowest BCUT2D eigenvalue weighted by molar-refractivity contribution is 0.0692. The smallest absolute Gasteiger partial charge is 0.336 e. The maximum atomic E-state index is 12.6. The summed E-state index contributed by atoms with van der Waals surface area (Å²) in [6.45, 7) is 0. The van der Waals surface area contributed by atoms with Crippen molar-refractivity contribution < 1.29 is 19.5 Å². The minimum absolute atomic E-state index is 0.0558. The number of amides is 2. The molecule has 0 spiro atoms. The second-order valence-corrected chi connectivity index (χ2v) is 7.87. The number of pyridine rings is 1. The van der Waals surface area contributed by atoms with E-state index in [1.165, 1.54) is 23.9 Å². The van der Waals surface area contributed by atoms with E-state index in [1.54, 1.807) is 30.3 Å². The van der Waals surface area contributed by atoms with Crippen molar-refractivity contribution in [2.75, 3.05) is 5.73 Å². The molecule has 2 heterocycles. The molecule has 0 fully saturated rings. The number of nitrogen functional groups attached to an aromatic ring is 1. The lowest BCUT2D eigenvalue weighted by Gasteiger charge is -2.14. The molecule has 10 heteroatoms. The van der Waals surface area contributed by atoms with Gasteiger partial charge in [-0.1, -0.05) is 23.4 Å². The van der Waals surface area contributed by atoms with Gasteiger partial charge in [0.1, 0.15) is 5.82 Å². The summed E-state index contributed by atoms with van der Waals surface area (Å²) in [6.07, 6.45) is 0. The second-order valence-electron chi connectivity index (χ2n) is 6.32. The first-order valence-electron chi connectivity index (χ1n) is 8.48. The lowest BCUT2D eigenvalue weighted by atomic mass is 10.1. The van der Waals surface area contributed by atoms with E-state index in [4.69, 9.17) is 17.3 Å². The van der Waals surface area contributed by atoms with Gasteiger partial charge in [-0.15, -0.1) is 0 Å². The van der Waals surface area contributed by atoms with Gasteiger partial charge in [0.2, 0.25) is 0 Å². The summed E-state index contributed by atoms with van der Waals surface area (Å²) in [7, 11) is 0. The number of nitrogens with one attached hydrogen (secondary N) is 1. The van der Waals surface area contributed by atoms with Crippen LogP contribution in [0.5, 0.6) is 0 Å². The quantitative estimate of drug-likeness (QED) is 0.530. The molecule has 150 valence electrons. The van der Waals surface area contributed by atoms with Crippen molar-refractivity contribution in [1.82, 2.24) is 9.88 Å². The number of benzene rings is 2. The van der Waals surface area contributed by atoms with E-state index in [0.29, 0.717) is 9.92 Å². The minimum atomic E-state index is -1.20. The molecule has 1 aromatic heterocycles. The molecular formula is C20H12ClN3O5S. The zero-order valence-corrected chi connectivity index (χ0v) is 16.6. The molecule has 0 atom stereocenters. The van der Waals surface area contributed by atoms with E-state index in [0.717, 1.165) is 15.5 Å². The monoisotopic (exact) mass is 441 g/mol. The Balaban J connectivity index is 1.83. The predicted molar refractivity (Wildman–Crippen MR) is 111 cm³/mol. The molecule has 1 aliphatic rings. The zero-order valence-electron chi connectivity index (χ0n) is 15.0. The van der Waals surface area contributed by atoms with Crippen LogP contribution in [0.2, 0.25) is 5.02 Å². The fourth-order valence-electron chi connectivity index (χ4n) is 3.09. The molecule has 1 aliphatic heterocycles. The van der Waals surface area contributed by atoms with Crippen LogP contribution in [0.4, 0.5) is 5.82 Å². The molecule has 4 N–H and O–H groups in total. The number of anilines is 1. The highest BCUT2D eigenvalue weighted by Gasteiger charge is 2.32. The summed E-state index contributed by atoms with van der Waals surface area (Å²) in [5.41, 5.74) is 5.23. The maximum Gasteiger partial charge on any atom is 0.336 e. The van der Waals surface area contributed by atoms with E-state index < -0.39 is 23.3 Å². The first kappa shape index (κ1) is 19.7. The summed E-state index contributed by atoms with van der Waals surface area (Å²) in [6, 6.07) is 12.2. The summed E-state index contributed by atoms with van der Waals surface area (Å²) in [5, 5.41) is 12.3. The normalized spacial score (nSPS) is 12.6. The number of hydrogen-bond acceptors (Lipinski definition) is 6. The van der Waals surface area contributed by atoms with Crippen LogP contribution in [-0.2, 0) is 0 Å². The molecule has 0 aliphatic carbocycles. The zero-order chi connectivity index (χ0) is 21.6. The summed E-state index contributed by atoms with van der Waals surface area (Å²) in [4.78, 5) is 49.4. The minimum Gasteiger partial charge on any atom is -0.478 e. The van der Waals surface area contributed by atoms with Crippen LogP contribution in [0.15, 0.2) is 63.1 Å². The SMILES string of the molecule is Nc1c2c(cc(=O)n1-c1ccc(Sc3ccc(Cl)cc3)c(C(=O)O)c1)C(=O)NC2=O. The average Bonchev–Trinajstić information content (AvgIpc) is 2.98. The third-order valence-corrected chi connectivity index (χ3v) is 5.78. The molecule has 2 aromatic carbocycles. The lowest BCUT2D eigenvalue weighted by Crippen LogP contribution is -2.24. The molecule has 0 bridgehead atoms. The maximum absolute atomic E-state index is 12.6. The van der Waals surface area contributed by atoms with E-state index in [1.807, 2.05) is 0 Å². The standard InChI is InChI=1S/C20H12ClN3O5S/c21-9-1-4-11(5-2-9)30-14-6-3-10(7-12(14)20(28)29)24-15(25)8-13-16(17(24)22)19(27)23-18(13)26/h1-8H,22H2,(H,28,29)(H,23,26,27). The van der Waals surface area contributed by atoms with E-state index in [2.05, 4.69) is 5.32 Å². The van der Waals surface area contributed by atoms with Gasteiger partial charge in [0.05, 0.1) is 22.4 Å². The Morgan fingerprint density at radius 3 is 2.40 bits per heavy atom. The Kier molecular flexibility index (Phi) is 4.84. The number of halogens is 1. The van der Waals surface area contributed by atoms with Crippen LogP contribution >= 0.6 is 23.4 Å². The van der Waals surface area contributed by atoms with Crippen LogP contribution < -0.4 is 16.6 Å². The Bertz CT molecular complexity index is 1300. The number of fused-ring (bicyclic) bond motifs is 1. The van der Waals surface area contributed by atoms with Gasteiger partial charge in [-0.3, -0.25) is 24.3 Å². The summed E-state index contributed by atoms with van der Waals surface area (Å²) in [5.74, 6) is -2.86. The number of aromatic nitrogens is 1. The first-order chi connectivity index (χ1) is 14.3. The van der Waals surface area contributed by atoms with Crippen molar-refractivity contribution in [3.63, 3.8) is 0 Å². The molecule has 0 saturated carbocycles. The highest BCUT2D eigenvalue weighted by Crippen LogP contribution is 2.33. The number of carbonyl (C=O) groups is 3. The Morgan fingerprint density at radius 1 is 1.03 bits per heavy atom. The number of hydrogen-bond donors (Lipinski definition) is 3. The van der Waals surface area contributed by atoms with Crippen LogP contribution in [0, 0.1) is 0 Å². The van der Waals surface area contributed by atoms with Crippen molar-refractivity contribution in [1.29, 1.82) is 0 Å². The number of aromatic carboxylic acids is 1. The Morgan fingerprint density at radius 2 is 1.73 bits per heavy atom. The first-order valence-corrected chi connectivity index (χ1v) is 9.68. The third kappa shape index (κ3) is 3.34. The molecule has 0 unspecified atom stereocenters. The number of carboxylic acid groups (broad SMARTS) is 1. The highest BCUT2D eigenvalue weighted by molar-refractivity contribution is 7.99. The average molecular weight is 442 g/mol. The van der Waals surface area contributed by atoms with Crippen molar-refractivity contribution in [2.45, 2.75) is 9.79 Å². The third-order valence-electron chi connectivity index (χ3n) is 4.45. The number of rotatable bonds is 4. The molecule has 3 aromatic rings. The van der Waals surface area contributed by atoms with Gasteiger partial charge >= 0.3 is 5.97 Å². The van der Waals surface area contributed by atoms with Gasteiger partial charge in [-0.2, -0.15) is 0 Å². The van der Waals surface area contributed by atoms with Gasteiger partial charge in [0, 0.05) is 20.9 Å². The Hall–Kier alpha value is -3.56. The molecule has 2 amide bonds. The number of carboxylic acids is 1. The fraction of sp³-hybridized carbons (Fsp3) is 0. The Labute approximate surface area is 178 Å². The topological polar surface area (TPSA) is 131 Å². The van der Waals surface area contributed by atoms with Gasteiger partial charge in [-0.05, 0) is 42.5 Å². The van der Waals surface area contributed by atoms with Crippen molar-refractivity contribution in [3.8, 4) is 5.69 Å². The molecular weight excluding hydrogens is 430 g/mol. The predicted octanol–water partition coefficient (Wildman–Crippen LogP) is 2.81. The molecule has 4 rings (SSSR count). The number of carbonyl (C=O) groups excluding carboxylic acids is 2. The van der Waals surface area contributed by atoms with Gasteiger partial charge in [-0.25, -0.2) is 4.79 Å². The number of nitrogens with two attached hydrogens (primary N) is 1. The van der Waals surface area contributed by atoms with Crippen LogP contribution in [0.25, 0.3) is 5.69 Å². The van der Waals surface area contributed by atoms with Gasteiger partial charge < -0.3 is 10.8 Å². The fourth-order valence-corrected chi connectivity index (χ4v) is 4.13. The summed E-state index contributed by atoms with van der Waals surface area (Å²) < 4.78 is 1.00. The molecule has 30 heavy (non-hydrogen) atoms.